The molecule has 1 saturated heterocycles. The Hall–Kier alpha value is -1.47. The van der Waals surface area contributed by atoms with Crippen molar-refractivity contribution in [3.8, 4) is 0 Å². The van der Waals surface area contributed by atoms with Gasteiger partial charge in [-0.25, -0.2) is 4.98 Å². The zero-order chi connectivity index (χ0) is 18.5. The molecule has 2 amide bonds. The van der Waals surface area contributed by atoms with Crippen molar-refractivity contribution in [1.82, 2.24) is 14.8 Å². The fourth-order valence-corrected chi connectivity index (χ4v) is 4.57. The number of rotatable bonds is 5. The van der Waals surface area contributed by atoms with E-state index in [0.717, 1.165) is 26.2 Å². The first-order chi connectivity index (χ1) is 12.5. The first-order valence-electron chi connectivity index (χ1n) is 9.81. The van der Waals surface area contributed by atoms with Gasteiger partial charge in [-0.2, -0.15) is 0 Å². The Bertz CT molecular complexity index is 617. The standard InChI is InChI=1S/C19H30N4O2S/c1-14(2)12-17(24)21-19-20-16(13-26-19)18(25)23-10-8-22(9-11-23)15-6-4-3-5-7-15/h13-15H,3-12H2,1-2H3,(H,20,21,24). The van der Waals surface area contributed by atoms with E-state index in [2.05, 4.69) is 15.2 Å². The molecule has 2 aliphatic rings. The lowest BCUT2D eigenvalue weighted by atomic mass is 9.94. The minimum absolute atomic E-state index is 0.0195. The summed E-state index contributed by atoms with van der Waals surface area (Å²) in [5.74, 6) is 0.236. The van der Waals surface area contributed by atoms with Crippen LogP contribution in [-0.2, 0) is 4.79 Å². The highest BCUT2D eigenvalue weighted by molar-refractivity contribution is 7.14. The molecule has 1 aliphatic carbocycles. The summed E-state index contributed by atoms with van der Waals surface area (Å²) < 4.78 is 0. The summed E-state index contributed by atoms with van der Waals surface area (Å²) in [7, 11) is 0. The number of thiazole rings is 1. The number of amides is 2. The first-order valence-corrected chi connectivity index (χ1v) is 10.7. The number of hydrogen-bond acceptors (Lipinski definition) is 5. The Morgan fingerprint density at radius 1 is 1.19 bits per heavy atom. The second-order valence-corrected chi connectivity index (χ2v) is 8.66. The Labute approximate surface area is 160 Å². The predicted octanol–water partition coefficient (Wildman–Crippen LogP) is 3.22. The molecule has 0 atom stereocenters. The third-order valence-corrected chi connectivity index (χ3v) is 6.01. The second kappa shape index (κ2) is 8.95. The summed E-state index contributed by atoms with van der Waals surface area (Å²) in [6, 6.07) is 0.711. The lowest BCUT2D eigenvalue weighted by Gasteiger charge is -2.40. The summed E-state index contributed by atoms with van der Waals surface area (Å²) in [5.41, 5.74) is 0.445. The SMILES string of the molecule is CC(C)CC(=O)Nc1nc(C(=O)N2CCN(C3CCCCC3)CC2)cs1. The van der Waals surface area contributed by atoms with Crippen LogP contribution in [-0.4, -0.2) is 58.8 Å². The van der Waals surface area contributed by atoms with Crippen LogP contribution in [0.2, 0.25) is 0 Å². The lowest BCUT2D eigenvalue weighted by Crippen LogP contribution is -2.52. The van der Waals surface area contributed by atoms with E-state index in [1.807, 2.05) is 18.7 Å². The van der Waals surface area contributed by atoms with Crippen LogP contribution in [0.25, 0.3) is 0 Å². The highest BCUT2D eigenvalue weighted by Crippen LogP contribution is 2.24. The zero-order valence-corrected chi connectivity index (χ0v) is 16.7. The van der Waals surface area contributed by atoms with Gasteiger partial charge in [0.25, 0.3) is 5.91 Å². The smallest absolute Gasteiger partial charge is 0.273 e. The van der Waals surface area contributed by atoms with Crippen LogP contribution >= 0.6 is 11.3 Å². The highest BCUT2D eigenvalue weighted by atomic mass is 32.1. The van der Waals surface area contributed by atoms with Crippen molar-refractivity contribution in [2.24, 2.45) is 5.92 Å². The van der Waals surface area contributed by atoms with Crippen molar-refractivity contribution < 1.29 is 9.59 Å². The molecule has 0 aromatic carbocycles. The van der Waals surface area contributed by atoms with Crippen LogP contribution < -0.4 is 5.32 Å². The molecular weight excluding hydrogens is 348 g/mol. The maximum absolute atomic E-state index is 12.7. The van der Waals surface area contributed by atoms with E-state index in [9.17, 15) is 9.59 Å². The molecule has 7 heteroatoms. The quantitative estimate of drug-likeness (QED) is 0.854. The number of aromatic nitrogens is 1. The molecule has 144 valence electrons. The van der Waals surface area contributed by atoms with Gasteiger partial charge in [0, 0.05) is 44.0 Å². The molecule has 2 fully saturated rings. The maximum Gasteiger partial charge on any atom is 0.273 e. The van der Waals surface area contributed by atoms with Crippen molar-refractivity contribution in [3.05, 3.63) is 11.1 Å². The van der Waals surface area contributed by atoms with E-state index in [1.54, 1.807) is 5.38 Å². The number of carbonyl (C=O) groups is 2. The fraction of sp³-hybridized carbons (Fsp3) is 0.737. The van der Waals surface area contributed by atoms with E-state index in [1.165, 1.54) is 43.4 Å². The highest BCUT2D eigenvalue weighted by Gasteiger charge is 2.28. The van der Waals surface area contributed by atoms with Crippen molar-refractivity contribution in [2.75, 3.05) is 31.5 Å². The molecular formula is C19H30N4O2S. The summed E-state index contributed by atoms with van der Waals surface area (Å²) in [6.45, 7) is 7.45. The Balaban J connectivity index is 1.50. The van der Waals surface area contributed by atoms with E-state index < -0.39 is 0 Å². The van der Waals surface area contributed by atoms with Gasteiger partial charge in [0.15, 0.2) is 5.13 Å². The van der Waals surface area contributed by atoms with Gasteiger partial charge >= 0.3 is 0 Å². The molecule has 0 spiro atoms. The van der Waals surface area contributed by atoms with Crippen LogP contribution in [0.15, 0.2) is 5.38 Å². The van der Waals surface area contributed by atoms with Crippen molar-refractivity contribution in [1.29, 1.82) is 0 Å². The lowest BCUT2D eigenvalue weighted by molar-refractivity contribution is -0.116. The molecule has 0 radical (unpaired) electrons. The predicted molar refractivity (Wildman–Crippen MR) is 105 cm³/mol. The molecule has 1 aromatic rings. The van der Waals surface area contributed by atoms with Gasteiger partial charge in [-0.05, 0) is 18.8 Å². The Morgan fingerprint density at radius 2 is 1.88 bits per heavy atom. The van der Waals surface area contributed by atoms with Gasteiger partial charge in [0.05, 0.1) is 0 Å². The third-order valence-electron chi connectivity index (χ3n) is 5.26. The summed E-state index contributed by atoms with van der Waals surface area (Å²) >= 11 is 1.32. The minimum Gasteiger partial charge on any atom is -0.335 e. The Kier molecular flexibility index (Phi) is 6.64. The summed E-state index contributed by atoms with van der Waals surface area (Å²) in [4.78, 5) is 33.3. The van der Waals surface area contributed by atoms with Crippen LogP contribution in [0.3, 0.4) is 0 Å². The topological polar surface area (TPSA) is 65.5 Å². The molecule has 1 N–H and O–H groups in total. The molecule has 1 saturated carbocycles. The van der Waals surface area contributed by atoms with Gasteiger partial charge in [-0.1, -0.05) is 33.1 Å². The van der Waals surface area contributed by atoms with Crippen LogP contribution in [0, 0.1) is 5.92 Å². The van der Waals surface area contributed by atoms with Crippen LogP contribution in [0.4, 0.5) is 5.13 Å². The summed E-state index contributed by atoms with van der Waals surface area (Å²) in [6.07, 6.45) is 7.13. The largest absolute Gasteiger partial charge is 0.335 e. The molecule has 0 bridgehead atoms. The normalized spacial score (nSPS) is 19.7. The molecule has 0 unspecified atom stereocenters. The average Bonchev–Trinajstić information content (AvgIpc) is 3.09. The number of nitrogens with one attached hydrogen (secondary N) is 1. The van der Waals surface area contributed by atoms with Crippen LogP contribution in [0.1, 0.15) is 62.9 Å². The molecule has 6 nitrogen and oxygen atoms in total. The van der Waals surface area contributed by atoms with Gasteiger partial charge in [0.2, 0.25) is 5.91 Å². The number of nitrogens with zero attached hydrogens (tertiary/aromatic N) is 3. The second-order valence-electron chi connectivity index (χ2n) is 7.80. The van der Waals surface area contributed by atoms with E-state index >= 15 is 0 Å². The Morgan fingerprint density at radius 3 is 2.54 bits per heavy atom. The first kappa shape index (κ1) is 19.3. The minimum atomic E-state index is -0.0468. The third kappa shape index (κ3) is 5.04. The van der Waals surface area contributed by atoms with Gasteiger partial charge in [-0.15, -0.1) is 11.3 Å². The van der Waals surface area contributed by atoms with Crippen molar-refractivity contribution >= 4 is 28.3 Å². The molecule has 2 heterocycles. The van der Waals surface area contributed by atoms with Crippen LogP contribution in [0.5, 0.6) is 0 Å². The van der Waals surface area contributed by atoms with E-state index in [4.69, 9.17) is 0 Å². The number of anilines is 1. The number of hydrogen-bond donors (Lipinski definition) is 1. The molecule has 1 aromatic heterocycles. The molecule has 26 heavy (non-hydrogen) atoms. The maximum atomic E-state index is 12.7. The van der Waals surface area contributed by atoms with Gasteiger partial charge < -0.3 is 10.2 Å². The monoisotopic (exact) mass is 378 g/mol. The van der Waals surface area contributed by atoms with Crippen molar-refractivity contribution in [3.63, 3.8) is 0 Å². The van der Waals surface area contributed by atoms with E-state index in [-0.39, 0.29) is 11.8 Å². The summed E-state index contributed by atoms with van der Waals surface area (Å²) in [5, 5.41) is 5.06. The molecule has 3 rings (SSSR count). The van der Waals surface area contributed by atoms with Crippen molar-refractivity contribution in [2.45, 2.75) is 58.4 Å². The number of carbonyl (C=O) groups excluding carboxylic acids is 2. The fourth-order valence-electron chi connectivity index (χ4n) is 3.87. The van der Waals surface area contributed by atoms with Gasteiger partial charge in [-0.3, -0.25) is 14.5 Å². The van der Waals surface area contributed by atoms with E-state index in [0.29, 0.717) is 29.2 Å². The zero-order valence-electron chi connectivity index (χ0n) is 15.9. The average molecular weight is 379 g/mol. The molecule has 1 aliphatic heterocycles. The number of piperazine rings is 1. The van der Waals surface area contributed by atoms with Gasteiger partial charge in [0.1, 0.15) is 5.69 Å².